The molecule has 1 aromatic carbocycles. The van der Waals surface area contributed by atoms with E-state index in [9.17, 15) is 19.8 Å². The maximum atomic E-state index is 11.7. The van der Waals surface area contributed by atoms with E-state index < -0.39 is 24.0 Å². The van der Waals surface area contributed by atoms with Gasteiger partial charge in [0.15, 0.2) is 0 Å². The summed E-state index contributed by atoms with van der Waals surface area (Å²) in [4.78, 5) is 24.9. The third-order valence-electron chi connectivity index (χ3n) is 3.05. The average molecular weight is 279 g/mol. The SMILES string of the molecule is O=C(CN1CC(O)C(O)C1)NNC(=O)c1ccccc1. The number of nitrogens with one attached hydrogen (secondary N) is 2. The van der Waals surface area contributed by atoms with Crippen LogP contribution in [0.2, 0.25) is 0 Å². The minimum Gasteiger partial charge on any atom is -0.389 e. The Kier molecular flexibility index (Phi) is 4.67. The fourth-order valence-electron chi connectivity index (χ4n) is 2.01. The van der Waals surface area contributed by atoms with Gasteiger partial charge in [0.2, 0.25) is 0 Å². The first kappa shape index (κ1) is 14.4. The number of amides is 2. The van der Waals surface area contributed by atoms with Gasteiger partial charge >= 0.3 is 0 Å². The lowest BCUT2D eigenvalue weighted by atomic mass is 10.2. The number of β-amino-alcohol motifs (C(OH)–C–C–N with tert-alkyl or cyclic N) is 2. The zero-order valence-electron chi connectivity index (χ0n) is 10.8. The molecule has 2 rings (SSSR count). The third-order valence-corrected chi connectivity index (χ3v) is 3.05. The van der Waals surface area contributed by atoms with Crippen LogP contribution in [0.4, 0.5) is 0 Å². The first-order chi connectivity index (χ1) is 9.56. The van der Waals surface area contributed by atoms with Crippen molar-refractivity contribution in [3.05, 3.63) is 35.9 Å². The average Bonchev–Trinajstić information content (AvgIpc) is 2.75. The quantitative estimate of drug-likeness (QED) is 0.504. The Hall–Kier alpha value is -1.96. The van der Waals surface area contributed by atoms with E-state index in [-0.39, 0.29) is 19.6 Å². The van der Waals surface area contributed by atoms with Gasteiger partial charge in [-0.15, -0.1) is 0 Å². The highest BCUT2D eigenvalue weighted by Crippen LogP contribution is 2.08. The van der Waals surface area contributed by atoms with Gasteiger partial charge in [-0.1, -0.05) is 18.2 Å². The topological polar surface area (TPSA) is 102 Å². The van der Waals surface area contributed by atoms with E-state index in [2.05, 4.69) is 10.9 Å². The van der Waals surface area contributed by atoms with Crippen LogP contribution in [0.25, 0.3) is 0 Å². The number of hydrazine groups is 1. The number of carbonyl (C=O) groups is 2. The Morgan fingerprint density at radius 1 is 1.10 bits per heavy atom. The van der Waals surface area contributed by atoms with E-state index in [1.54, 1.807) is 35.2 Å². The molecule has 0 saturated carbocycles. The molecule has 0 radical (unpaired) electrons. The molecule has 0 aromatic heterocycles. The largest absolute Gasteiger partial charge is 0.389 e. The summed E-state index contributed by atoms with van der Waals surface area (Å²) < 4.78 is 0. The fourth-order valence-corrected chi connectivity index (χ4v) is 2.01. The fraction of sp³-hybridized carbons (Fsp3) is 0.385. The summed E-state index contributed by atoms with van der Waals surface area (Å²) in [7, 11) is 0. The molecular weight excluding hydrogens is 262 g/mol. The predicted octanol–water partition coefficient (Wildman–Crippen LogP) is -1.51. The molecule has 2 unspecified atom stereocenters. The summed E-state index contributed by atoms with van der Waals surface area (Å²) in [5.74, 6) is -0.809. The molecule has 2 amide bonds. The van der Waals surface area contributed by atoms with Crippen molar-refractivity contribution in [1.29, 1.82) is 0 Å². The van der Waals surface area contributed by atoms with Crippen LogP contribution in [0.15, 0.2) is 30.3 Å². The molecule has 0 spiro atoms. The number of aliphatic hydroxyl groups excluding tert-OH is 2. The summed E-state index contributed by atoms with van der Waals surface area (Å²) in [6, 6.07) is 8.51. The molecule has 4 N–H and O–H groups in total. The first-order valence-electron chi connectivity index (χ1n) is 6.29. The number of benzene rings is 1. The molecule has 1 aromatic rings. The number of rotatable bonds is 3. The molecule has 1 fully saturated rings. The van der Waals surface area contributed by atoms with Gasteiger partial charge in [0.1, 0.15) is 0 Å². The van der Waals surface area contributed by atoms with Crippen molar-refractivity contribution in [3.63, 3.8) is 0 Å². The Morgan fingerprint density at radius 3 is 2.30 bits per heavy atom. The number of hydrogen-bond acceptors (Lipinski definition) is 5. The second-order valence-corrected chi connectivity index (χ2v) is 4.70. The molecule has 1 saturated heterocycles. The standard InChI is InChI=1S/C13H17N3O4/c17-10-6-16(7-11(10)18)8-12(19)14-15-13(20)9-4-2-1-3-5-9/h1-5,10-11,17-18H,6-8H2,(H,14,19)(H,15,20). The molecule has 20 heavy (non-hydrogen) atoms. The van der Waals surface area contributed by atoms with Crippen LogP contribution >= 0.6 is 0 Å². The van der Waals surface area contributed by atoms with Gasteiger partial charge in [0.25, 0.3) is 11.8 Å². The molecule has 0 aliphatic carbocycles. The van der Waals surface area contributed by atoms with Gasteiger partial charge in [-0.2, -0.15) is 0 Å². The van der Waals surface area contributed by atoms with Crippen molar-refractivity contribution in [2.24, 2.45) is 0 Å². The normalized spacial score (nSPS) is 22.5. The molecule has 1 aliphatic heterocycles. The van der Waals surface area contributed by atoms with Crippen LogP contribution in [-0.4, -0.2) is 58.8 Å². The van der Waals surface area contributed by atoms with Crippen LogP contribution in [0.1, 0.15) is 10.4 Å². The van der Waals surface area contributed by atoms with Crippen molar-refractivity contribution < 1.29 is 19.8 Å². The van der Waals surface area contributed by atoms with E-state index >= 15 is 0 Å². The highest BCUT2D eigenvalue weighted by Gasteiger charge is 2.30. The van der Waals surface area contributed by atoms with E-state index in [0.29, 0.717) is 5.56 Å². The van der Waals surface area contributed by atoms with Gasteiger partial charge in [-0.05, 0) is 12.1 Å². The van der Waals surface area contributed by atoms with E-state index in [1.807, 2.05) is 0 Å². The van der Waals surface area contributed by atoms with Crippen LogP contribution < -0.4 is 10.9 Å². The van der Waals surface area contributed by atoms with Gasteiger partial charge < -0.3 is 10.2 Å². The zero-order chi connectivity index (χ0) is 14.5. The molecule has 1 aliphatic rings. The lowest BCUT2D eigenvalue weighted by Crippen LogP contribution is -2.46. The molecule has 2 atom stereocenters. The second kappa shape index (κ2) is 6.47. The minimum absolute atomic E-state index is 0.00316. The summed E-state index contributed by atoms with van der Waals surface area (Å²) in [5.41, 5.74) is 5.04. The van der Waals surface area contributed by atoms with Crippen LogP contribution in [0.5, 0.6) is 0 Å². The van der Waals surface area contributed by atoms with Crippen molar-refractivity contribution in [2.75, 3.05) is 19.6 Å². The Labute approximate surface area is 116 Å². The highest BCUT2D eigenvalue weighted by molar-refractivity contribution is 5.95. The maximum Gasteiger partial charge on any atom is 0.269 e. The maximum absolute atomic E-state index is 11.7. The van der Waals surface area contributed by atoms with E-state index in [1.165, 1.54) is 0 Å². The number of nitrogens with zero attached hydrogens (tertiary/aromatic N) is 1. The molecule has 108 valence electrons. The third kappa shape index (κ3) is 3.77. The summed E-state index contributed by atoms with van der Waals surface area (Å²) in [6.45, 7) is 0.478. The summed E-state index contributed by atoms with van der Waals surface area (Å²) in [5, 5.41) is 18.7. The van der Waals surface area contributed by atoms with Gasteiger partial charge in [0, 0.05) is 18.7 Å². The monoisotopic (exact) mass is 279 g/mol. The zero-order valence-corrected chi connectivity index (χ0v) is 10.8. The molecule has 7 heteroatoms. The van der Waals surface area contributed by atoms with Crippen molar-refractivity contribution in [2.45, 2.75) is 12.2 Å². The van der Waals surface area contributed by atoms with Crippen LogP contribution in [0, 0.1) is 0 Å². The van der Waals surface area contributed by atoms with Gasteiger partial charge in [0.05, 0.1) is 18.8 Å². The van der Waals surface area contributed by atoms with Crippen molar-refractivity contribution in [1.82, 2.24) is 15.8 Å². The smallest absolute Gasteiger partial charge is 0.269 e. The number of carbonyl (C=O) groups excluding carboxylic acids is 2. The van der Waals surface area contributed by atoms with E-state index in [4.69, 9.17) is 0 Å². The van der Waals surface area contributed by atoms with Crippen LogP contribution in [0.3, 0.4) is 0 Å². The molecular formula is C13H17N3O4. The number of aliphatic hydroxyl groups is 2. The Bertz CT molecular complexity index is 470. The minimum atomic E-state index is -0.832. The lowest BCUT2D eigenvalue weighted by molar-refractivity contribution is -0.122. The lowest BCUT2D eigenvalue weighted by Gasteiger charge is -2.14. The summed E-state index contributed by atoms with van der Waals surface area (Å²) >= 11 is 0. The van der Waals surface area contributed by atoms with Gasteiger partial charge in [-0.25, -0.2) is 0 Å². The van der Waals surface area contributed by atoms with Crippen molar-refractivity contribution in [3.8, 4) is 0 Å². The van der Waals surface area contributed by atoms with Gasteiger partial charge in [-0.3, -0.25) is 25.3 Å². The summed E-state index contributed by atoms with van der Waals surface area (Å²) in [6.07, 6.45) is -1.66. The first-order valence-corrected chi connectivity index (χ1v) is 6.29. The number of hydrogen-bond donors (Lipinski definition) is 4. The van der Waals surface area contributed by atoms with E-state index in [0.717, 1.165) is 0 Å². The second-order valence-electron chi connectivity index (χ2n) is 4.70. The Morgan fingerprint density at radius 2 is 1.70 bits per heavy atom. The predicted molar refractivity (Wildman–Crippen MR) is 70.5 cm³/mol. The number of likely N-dealkylation sites (tertiary alicyclic amines) is 1. The highest BCUT2D eigenvalue weighted by atomic mass is 16.3. The van der Waals surface area contributed by atoms with Crippen LogP contribution in [-0.2, 0) is 4.79 Å². The molecule has 7 nitrogen and oxygen atoms in total. The Balaban J connectivity index is 1.74. The molecule has 1 heterocycles. The van der Waals surface area contributed by atoms with Crippen molar-refractivity contribution >= 4 is 11.8 Å². The molecule has 0 bridgehead atoms.